The summed E-state index contributed by atoms with van der Waals surface area (Å²) in [5, 5.41) is 10.7. The number of sulfonamides is 1. The average Bonchev–Trinajstić information content (AvgIpc) is 2.71. The van der Waals surface area contributed by atoms with Crippen molar-refractivity contribution in [1.29, 1.82) is 0 Å². The Kier molecular flexibility index (Phi) is 4.78. The van der Waals surface area contributed by atoms with Crippen molar-refractivity contribution < 1.29 is 18.3 Å². The van der Waals surface area contributed by atoms with E-state index < -0.39 is 21.7 Å². The van der Waals surface area contributed by atoms with Gasteiger partial charge >= 0.3 is 0 Å². The van der Waals surface area contributed by atoms with Crippen molar-refractivity contribution in [2.75, 3.05) is 13.2 Å². The molecule has 0 spiro atoms. The molecule has 1 saturated heterocycles. The van der Waals surface area contributed by atoms with Crippen LogP contribution in [0.1, 0.15) is 13.3 Å². The Morgan fingerprint density at radius 2 is 2.30 bits per heavy atom. The molecule has 1 aromatic carbocycles. The molecule has 0 saturated carbocycles. The Hall–Kier alpha value is -0.180. The molecule has 1 fully saturated rings. The van der Waals surface area contributed by atoms with Gasteiger partial charge in [0.2, 0.25) is 10.0 Å². The van der Waals surface area contributed by atoms with Crippen LogP contribution in [-0.2, 0) is 14.8 Å². The smallest absolute Gasteiger partial charge is 0.240 e. The fraction of sp³-hybridized carbons (Fsp3) is 0.500. The SMILES string of the molecule is CC1OCCC1(O)CNS(=O)(=O)c1ccc(Cl)c(Br)c1. The highest BCUT2D eigenvalue weighted by atomic mass is 79.9. The molecule has 1 aliphatic heterocycles. The van der Waals surface area contributed by atoms with Crippen molar-refractivity contribution in [2.24, 2.45) is 0 Å². The van der Waals surface area contributed by atoms with Crippen molar-refractivity contribution in [3.8, 4) is 0 Å². The van der Waals surface area contributed by atoms with E-state index in [4.69, 9.17) is 16.3 Å². The van der Waals surface area contributed by atoms with Gasteiger partial charge in [0.05, 0.1) is 16.0 Å². The summed E-state index contributed by atoms with van der Waals surface area (Å²) in [6.45, 7) is 2.06. The van der Waals surface area contributed by atoms with Crippen LogP contribution in [0.5, 0.6) is 0 Å². The Bertz CT molecular complexity index is 609. The van der Waals surface area contributed by atoms with Crippen molar-refractivity contribution in [3.63, 3.8) is 0 Å². The third-order valence-corrected chi connectivity index (χ3v) is 6.04. The molecule has 5 nitrogen and oxygen atoms in total. The zero-order valence-electron chi connectivity index (χ0n) is 10.8. The minimum absolute atomic E-state index is 0.0866. The monoisotopic (exact) mass is 383 g/mol. The van der Waals surface area contributed by atoms with Crippen molar-refractivity contribution >= 4 is 37.6 Å². The fourth-order valence-electron chi connectivity index (χ4n) is 1.95. The summed E-state index contributed by atoms with van der Waals surface area (Å²) in [5.41, 5.74) is -1.17. The topological polar surface area (TPSA) is 75.6 Å². The van der Waals surface area contributed by atoms with Gasteiger partial charge in [0, 0.05) is 24.0 Å². The first-order valence-corrected chi connectivity index (χ1v) is 8.69. The average molecular weight is 385 g/mol. The lowest BCUT2D eigenvalue weighted by atomic mass is 9.97. The highest BCUT2D eigenvalue weighted by Gasteiger charge is 2.40. The van der Waals surface area contributed by atoms with Gasteiger partial charge in [-0.2, -0.15) is 0 Å². The number of benzene rings is 1. The second-order valence-corrected chi connectivity index (χ2v) is 7.80. The van der Waals surface area contributed by atoms with Gasteiger partial charge in [-0.3, -0.25) is 0 Å². The molecular formula is C12H15BrClNO4S. The maximum atomic E-state index is 12.2. The molecule has 0 aliphatic carbocycles. The maximum absolute atomic E-state index is 12.2. The van der Waals surface area contributed by atoms with Crippen LogP contribution in [0.25, 0.3) is 0 Å². The third kappa shape index (κ3) is 3.35. The molecule has 0 bridgehead atoms. The first-order valence-electron chi connectivity index (χ1n) is 6.03. The molecule has 1 heterocycles. The number of hydrogen-bond acceptors (Lipinski definition) is 4. The Balaban J connectivity index is 2.13. The lowest BCUT2D eigenvalue weighted by Gasteiger charge is -2.26. The number of rotatable bonds is 4. The fourth-order valence-corrected chi connectivity index (χ4v) is 3.72. The summed E-state index contributed by atoms with van der Waals surface area (Å²) in [5.74, 6) is 0. The van der Waals surface area contributed by atoms with Gasteiger partial charge < -0.3 is 9.84 Å². The lowest BCUT2D eigenvalue weighted by Crippen LogP contribution is -2.47. The summed E-state index contributed by atoms with van der Waals surface area (Å²) < 4.78 is 32.5. The number of ether oxygens (including phenoxy) is 1. The van der Waals surface area contributed by atoms with Gasteiger partial charge in [-0.15, -0.1) is 0 Å². The van der Waals surface area contributed by atoms with E-state index >= 15 is 0 Å². The van der Waals surface area contributed by atoms with Gasteiger partial charge in [-0.25, -0.2) is 13.1 Å². The van der Waals surface area contributed by atoms with Crippen LogP contribution in [0.15, 0.2) is 27.6 Å². The minimum Gasteiger partial charge on any atom is -0.386 e. The zero-order valence-corrected chi connectivity index (χ0v) is 13.9. The van der Waals surface area contributed by atoms with Gasteiger partial charge in [0.1, 0.15) is 5.60 Å². The van der Waals surface area contributed by atoms with E-state index in [2.05, 4.69) is 20.7 Å². The zero-order chi connectivity index (χ0) is 15.0. The first kappa shape index (κ1) is 16.2. The van der Waals surface area contributed by atoms with Gasteiger partial charge in [-0.05, 0) is 41.1 Å². The van der Waals surface area contributed by atoms with Crippen LogP contribution >= 0.6 is 27.5 Å². The van der Waals surface area contributed by atoms with E-state index in [0.29, 0.717) is 22.5 Å². The second-order valence-electron chi connectivity index (χ2n) is 4.77. The quantitative estimate of drug-likeness (QED) is 0.831. The second kappa shape index (κ2) is 5.90. The normalized spacial score (nSPS) is 26.9. The van der Waals surface area contributed by atoms with Crippen LogP contribution in [0.3, 0.4) is 0 Å². The number of hydrogen-bond donors (Lipinski definition) is 2. The molecule has 1 aromatic rings. The molecule has 112 valence electrons. The van der Waals surface area contributed by atoms with Crippen LogP contribution in [0, 0.1) is 0 Å². The maximum Gasteiger partial charge on any atom is 0.240 e. The molecule has 2 unspecified atom stereocenters. The standard InChI is InChI=1S/C12H15BrClNO4S/c1-8-12(16,4-5-19-8)7-15-20(17,18)9-2-3-11(14)10(13)6-9/h2-3,6,8,15-16H,4-5,7H2,1H3. The van der Waals surface area contributed by atoms with Crippen LogP contribution in [0.2, 0.25) is 5.02 Å². The predicted octanol–water partition coefficient (Wildman–Crippen LogP) is 1.92. The molecule has 2 rings (SSSR count). The summed E-state index contributed by atoms with van der Waals surface area (Å²) >= 11 is 9.02. The summed E-state index contributed by atoms with van der Waals surface area (Å²) in [7, 11) is -3.70. The number of halogens is 2. The summed E-state index contributed by atoms with van der Waals surface area (Å²) in [6, 6.07) is 4.33. The van der Waals surface area contributed by atoms with Crippen molar-refractivity contribution in [1.82, 2.24) is 4.72 Å². The van der Waals surface area contributed by atoms with Gasteiger partial charge in [0.15, 0.2) is 0 Å². The van der Waals surface area contributed by atoms with E-state index in [0.717, 1.165) is 0 Å². The van der Waals surface area contributed by atoms with Crippen LogP contribution < -0.4 is 4.72 Å². The molecule has 20 heavy (non-hydrogen) atoms. The van der Waals surface area contributed by atoms with E-state index in [1.165, 1.54) is 18.2 Å². The lowest BCUT2D eigenvalue weighted by molar-refractivity contribution is -0.0228. The molecule has 0 radical (unpaired) electrons. The molecule has 0 aromatic heterocycles. The van der Waals surface area contributed by atoms with E-state index in [-0.39, 0.29) is 11.4 Å². The molecule has 2 N–H and O–H groups in total. The predicted molar refractivity (Wildman–Crippen MR) is 79.3 cm³/mol. The van der Waals surface area contributed by atoms with Crippen molar-refractivity contribution in [3.05, 3.63) is 27.7 Å². The highest BCUT2D eigenvalue weighted by molar-refractivity contribution is 9.10. The molecule has 0 amide bonds. The highest BCUT2D eigenvalue weighted by Crippen LogP contribution is 2.27. The van der Waals surface area contributed by atoms with Crippen molar-refractivity contribution in [2.45, 2.75) is 29.9 Å². The number of nitrogens with one attached hydrogen (secondary N) is 1. The Morgan fingerprint density at radius 3 is 2.85 bits per heavy atom. The Labute approximate surface area is 131 Å². The molecular weight excluding hydrogens is 370 g/mol. The van der Waals surface area contributed by atoms with Gasteiger partial charge in [-0.1, -0.05) is 11.6 Å². The van der Waals surface area contributed by atoms with E-state index in [1.54, 1.807) is 6.92 Å². The summed E-state index contributed by atoms with van der Waals surface area (Å²) in [6.07, 6.45) is 0.00299. The van der Waals surface area contributed by atoms with E-state index in [9.17, 15) is 13.5 Å². The largest absolute Gasteiger partial charge is 0.386 e. The first-order chi connectivity index (χ1) is 9.24. The summed E-state index contributed by atoms with van der Waals surface area (Å²) in [4.78, 5) is 0.0870. The Morgan fingerprint density at radius 1 is 1.60 bits per heavy atom. The van der Waals surface area contributed by atoms with Gasteiger partial charge in [0.25, 0.3) is 0 Å². The third-order valence-electron chi connectivity index (χ3n) is 3.43. The molecule has 1 aliphatic rings. The van der Waals surface area contributed by atoms with Crippen LogP contribution in [0.4, 0.5) is 0 Å². The number of aliphatic hydroxyl groups is 1. The molecule has 2 atom stereocenters. The van der Waals surface area contributed by atoms with E-state index in [1.807, 2.05) is 0 Å². The van der Waals surface area contributed by atoms with Crippen LogP contribution in [-0.4, -0.2) is 38.4 Å². The minimum atomic E-state index is -3.70. The molecule has 8 heteroatoms.